The summed E-state index contributed by atoms with van der Waals surface area (Å²) >= 11 is 1.32. The van der Waals surface area contributed by atoms with Crippen molar-refractivity contribution in [1.82, 2.24) is 9.88 Å². The lowest BCUT2D eigenvalue weighted by Crippen LogP contribution is -2.40. The molecule has 5 aromatic rings. The standard InChI is InChI=1S/C31H24FN3O4S/c32-22-9-11-23(12-10-22)33-30(36)26-19-40-28(34-26)18-39-24-13-8-20-14-15-35(31(37)27-7-4-16-38-27)29(25(20)17-24)21-5-2-1-3-6-21/h1-13,16-17,19,29H,14-15,18H2,(H,33,36). The van der Waals surface area contributed by atoms with Crippen LogP contribution in [0.4, 0.5) is 10.1 Å². The van der Waals surface area contributed by atoms with E-state index in [0.717, 1.165) is 16.7 Å². The molecule has 3 heterocycles. The largest absolute Gasteiger partial charge is 0.486 e. The van der Waals surface area contributed by atoms with Crippen molar-refractivity contribution in [1.29, 1.82) is 0 Å². The molecule has 6 rings (SSSR count). The molecule has 1 N–H and O–H groups in total. The molecule has 2 amide bonds. The number of halogens is 1. The smallest absolute Gasteiger partial charge is 0.290 e. The number of amides is 2. The number of hydrogen-bond acceptors (Lipinski definition) is 6. The van der Waals surface area contributed by atoms with Crippen LogP contribution < -0.4 is 10.1 Å². The first-order chi connectivity index (χ1) is 19.5. The van der Waals surface area contributed by atoms with Crippen molar-refractivity contribution < 1.29 is 23.1 Å². The Morgan fingerprint density at radius 2 is 1.88 bits per heavy atom. The van der Waals surface area contributed by atoms with Crippen molar-refractivity contribution in [2.24, 2.45) is 0 Å². The van der Waals surface area contributed by atoms with E-state index >= 15 is 0 Å². The molecule has 1 atom stereocenters. The van der Waals surface area contributed by atoms with Gasteiger partial charge in [0.15, 0.2) is 5.76 Å². The maximum Gasteiger partial charge on any atom is 0.290 e. The van der Waals surface area contributed by atoms with Gasteiger partial charge in [0.05, 0.1) is 12.3 Å². The van der Waals surface area contributed by atoms with Crippen molar-refractivity contribution in [3.05, 3.63) is 136 Å². The minimum atomic E-state index is -0.380. The van der Waals surface area contributed by atoms with Crippen LogP contribution in [0, 0.1) is 5.82 Å². The second-order valence-corrected chi connectivity index (χ2v) is 10.2. The fourth-order valence-electron chi connectivity index (χ4n) is 4.79. The van der Waals surface area contributed by atoms with Crippen LogP contribution in [-0.4, -0.2) is 28.2 Å². The molecule has 0 spiro atoms. The maximum absolute atomic E-state index is 13.4. The SMILES string of the molecule is O=C(Nc1ccc(F)cc1)c1csc(COc2ccc3c(c2)C(c2ccccc2)N(C(=O)c2ccco2)CC3)n1. The van der Waals surface area contributed by atoms with E-state index in [2.05, 4.69) is 10.3 Å². The van der Waals surface area contributed by atoms with Gasteiger partial charge >= 0.3 is 0 Å². The second kappa shape index (κ2) is 11.2. The Bertz CT molecular complexity index is 1640. The summed E-state index contributed by atoms with van der Waals surface area (Å²) in [4.78, 5) is 32.2. The van der Waals surface area contributed by atoms with Gasteiger partial charge in [0.25, 0.3) is 11.8 Å². The first kappa shape index (κ1) is 25.5. The monoisotopic (exact) mass is 553 g/mol. The number of benzene rings is 3. The van der Waals surface area contributed by atoms with Gasteiger partial charge in [-0.25, -0.2) is 9.37 Å². The highest BCUT2D eigenvalue weighted by molar-refractivity contribution is 7.09. The number of carbonyl (C=O) groups is 2. The Balaban J connectivity index is 1.20. The van der Waals surface area contributed by atoms with Crippen molar-refractivity contribution in [3.8, 4) is 5.75 Å². The molecule has 40 heavy (non-hydrogen) atoms. The van der Waals surface area contributed by atoms with Crippen LogP contribution >= 0.6 is 11.3 Å². The third-order valence-corrected chi connectivity index (χ3v) is 7.52. The molecule has 0 saturated heterocycles. The molecule has 9 heteroatoms. The summed E-state index contributed by atoms with van der Waals surface area (Å²) in [6.07, 6.45) is 2.22. The predicted octanol–water partition coefficient (Wildman–Crippen LogP) is 6.49. The zero-order chi connectivity index (χ0) is 27.5. The van der Waals surface area contributed by atoms with Gasteiger partial charge in [-0.05, 0) is 71.6 Å². The first-order valence-corrected chi connectivity index (χ1v) is 13.6. The number of carbonyl (C=O) groups excluding carboxylic acids is 2. The quantitative estimate of drug-likeness (QED) is 0.249. The highest BCUT2D eigenvalue weighted by atomic mass is 32.1. The van der Waals surface area contributed by atoms with E-state index in [1.807, 2.05) is 53.4 Å². The van der Waals surface area contributed by atoms with E-state index in [-0.39, 0.29) is 36.0 Å². The lowest BCUT2D eigenvalue weighted by molar-refractivity contribution is 0.0661. The molecule has 0 bridgehead atoms. The summed E-state index contributed by atoms with van der Waals surface area (Å²) in [6, 6.07) is 24.5. The number of ether oxygens (including phenoxy) is 1. The number of nitrogens with zero attached hydrogens (tertiary/aromatic N) is 2. The van der Waals surface area contributed by atoms with Gasteiger partial charge in [-0.15, -0.1) is 11.3 Å². The molecular formula is C31H24FN3O4S. The Morgan fingerprint density at radius 1 is 1.05 bits per heavy atom. The Morgan fingerprint density at radius 3 is 2.65 bits per heavy atom. The van der Waals surface area contributed by atoms with Gasteiger partial charge in [-0.3, -0.25) is 9.59 Å². The average molecular weight is 554 g/mol. The second-order valence-electron chi connectivity index (χ2n) is 9.28. The molecule has 2 aromatic heterocycles. The average Bonchev–Trinajstić information content (AvgIpc) is 3.70. The van der Waals surface area contributed by atoms with Crippen molar-refractivity contribution >= 4 is 28.8 Å². The minimum Gasteiger partial charge on any atom is -0.486 e. The fraction of sp³-hybridized carbons (Fsp3) is 0.129. The van der Waals surface area contributed by atoms with Gasteiger partial charge in [-0.2, -0.15) is 0 Å². The number of nitrogens with one attached hydrogen (secondary N) is 1. The number of rotatable bonds is 7. The number of hydrogen-bond donors (Lipinski definition) is 1. The summed E-state index contributed by atoms with van der Waals surface area (Å²) in [5.74, 6) is 0.0273. The van der Waals surface area contributed by atoms with Crippen molar-refractivity contribution in [2.75, 3.05) is 11.9 Å². The van der Waals surface area contributed by atoms with Crippen LogP contribution in [0.25, 0.3) is 0 Å². The number of fused-ring (bicyclic) bond motifs is 1. The number of furan rings is 1. The van der Waals surface area contributed by atoms with Gasteiger partial charge in [0.2, 0.25) is 0 Å². The zero-order valence-electron chi connectivity index (χ0n) is 21.2. The van der Waals surface area contributed by atoms with Gasteiger partial charge in [0.1, 0.15) is 28.9 Å². The van der Waals surface area contributed by atoms with E-state index in [1.54, 1.807) is 17.5 Å². The molecule has 0 radical (unpaired) electrons. The Kier molecular flexibility index (Phi) is 7.11. The Hall–Kier alpha value is -4.76. The van der Waals surface area contributed by atoms with Gasteiger partial charge in [0, 0.05) is 17.6 Å². The summed E-state index contributed by atoms with van der Waals surface area (Å²) in [7, 11) is 0. The summed E-state index contributed by atoms with van der Waals surface area (Å²) in [6.45, 7) is 0.743. The lowest BCUT2D eigenvalue weighted by atomic mass is 9.87. The van der Waals surface area contributed by atoms with E-state index in [9.17, 15) is 14.0 Å². The number of thiazole rings is 1. The Labute approximate surface area is 233 Å². The van der Waals surface area contributed by atoms with Crippen LogP contribution in [0.1, 0.15) is 48.8 Å². The minimum absolute atomic E-state index is 0.162. The lowest BCUT2D eigenvalue weighted by Gasteiger charge is -2.37. The highest BCUT2D eigenvalue weighted by Crippen LogP contribution is 2.38. The zero-order valence-corrected chi connectivity index (χ0v) is 22.1. The molecule has 0 fully saturated rings. The van der Waals surface area contributed by atoms with Crippen LogP contribution in [0.3, 0.4) is 0 Å². The third kappa shape index (κ3) is 5.37. The number of aromatic nitrogens is 1. The first-order valence-electron chi connectivity index (χ1n) is 12.7. The molecule has 7 nitrogen and oxygen atoms in total. The topological polar surface area (TPSA) is 84.7 Å². The van der Waals surface area contributed by atoms with E-state index in [4.69, 9.17) is 9.15 Å². The molecule has 0 aliphatic carbocycles. The molecule has 3 aromatic carbocycles. The molecular weight excluding hydrogens is 529 g/mol. The summed E-state index contributed by atoms with van der Waals surface area (Å²) in [5, 5.41) is 5.01. The van der Waals surface area contributed by atoms with Crippen molar-refractivity contribution in [3.63, 3.8) is 0 Å². The summed E-state index contributed by atoms with van der Waals surface area (Å²) in [5.41, 5.74) is 3.89. The van der Waals surface area contributed by atoms with Crippen LogP contribution in [-0.2, 0) is 13.0 Å². The van der Waals surface area contributed by atoms with Crippen LogP contribution in [0.2, 0.25) is 0 Å². The van der Waals surface area contributed by atoms with E-state index in [0.29, 0.717) is 35.2 Å². The molecule has 0 saturated carbocycles. The predicted molar refractivity (Wildman–Crippen MR) is 149 cm³/mol. The number of anilines is 1. The molecule has 200 valence electrons. The van der Waals surface area contributed by atoms with E-state index < -0.39 is 0 Å². The van der Waals surface area contributed by atoms with Gasteiger partial charge in [-0.1, -0.05) is 36.4 Å². The van der Waals surface area contributed by atoms with Gasteiger partial charge < -0.3 is 19.4 Å². The highest BCUT2D eigenvalue weighted by Gasteiger charge is 2.34. The maximum atomic E-state index is 13.4. The van der Waals surface area contributed by atoms with Crippen LogP contribution in [0.5, 0.6) is 5.75 Å². The molecule has 1 aliphatic rings. The fourth-order valence-corrected chi connectivity index (χ4v) is 5.48. The van der Waals surface area contributed by atoms with E-state index in [1.165, 1.54) is 41.9 Å². The summed E-state index contributed by atoms with van der Waals surface area (Å²) < 4.78 is 24.6. The van der Waals surface area contributed by atoms with Crippen LogP contribution in [0.15, 0.2) is 101 Å². The molecule has 1 unspecified atom stereocenters. The van der Waals surface area contributed by atoms with Crippen molar-refractivity contribution in [2.45, 2.75) is 19.1 Å². The molecule has 1 aliphatic heterocycles. The normalized spacial score (nSPS) is 14.4. The third-order valence-electron chi connectivity index (χ3n) is 6.70.